The highest BCUT2D eigenvalue weighted by atomic mass is 32.1. The van der Waals surface area contributed by atoms with Gasteiger partial charge in [-0.05, 0) is 37.3 Å². The lowest BCUT2D eigenvalue weighted by Crippen LogP contribution is -2.43. The van der Waals surface area contributed by atoms with E-state index in [0.717, 1.165) is 30.8 Å². The maximum atomic E-state index is 12.4. The standard InChI is InChI=1S/C17H19N3O3S/c1-11-18-17(23-19-11)15-9-12-10-20(7-6-14(12)22-15)16(21)5-4-13-3-2-8-24-13/h2-5,8,12,14-15H,6-7,9-10H2,1H3/b5-4+/t12-,14-,15+/m0/s1. The number of fused-ring (bicyclic) bond motifs is 1. The van der Waals surface area contributed by atoms with E-state index in [1.807, 2.05) is 28.5 Å². The fraction of sp³-hybridized carbons (Fsp3) is 0.471. The van der Waals surface area contributed by atoms with Crippen molar-refractivity contribution < 1.29 is 14.1 Å². The lowest BCUT2D eigenvalue weighted by atomic mass is 9.92. The predicted octanol–water partition coefficient (Wildman–Crippen LogP) is 2.83. The van der Waals surface area contributed by atoms with Crippen molar-refractivity contribution >= 4 is 23.3 Å². The number of carbonyl (C=O) groups excluding carboxylic acids is 1. The van der Waals surface area contributed by atoms with E-state index in [0.29, 0.717) is 17.6 Å². The van der Waals surface area contributed by atoms with Crippen molar-refractivity contribution in [2.75, 3.05) is 13.1 Å². The van der Waals surface area contributed by atoms with E-state index in [2.05, 4.69) is 10.1 Å². The number of nitrogens with zero attached hydrogens (tertiary/aromatic N) is 3. The fourth-order valence-corrected chi connectivity index (χ4v) is 4.02. The summed E-state index contributed by atoms with van der Waals surface area (Å²) in [6.07, 6.45) is 5.26. The predicted molar refractivity (Wildman–Crippen MR) is 89.3 cm³/mol. The molecule has 7 heteroatoms. The fourth-order valence-electron chi connectivity index (χ4n) is 3.41. The molecule has 4 rings (SSSR count). The number of aryl methyl sites for hydroxylation is 1. The average Bonchev–Trinajstić information content (AvgIpc) is 3.31. The molecule has 0 radical (unpaired) electrons. The minimum atomic E-state index is -0.141. The van der Waals surface area contributed by atoms with Gasteiger partial charge in [0.25, 0.3) is 5.89 Å². The van der Waals surface area contributed by atoms with Crippen LogP contribution in [-0.2, 0) is 9.53 Å². The molecule has 0 aliphatic carbocycles. The number of rotatable bonds is 3. The molecule has 126 valence electrons. The van der Waals surface area contributed by atoms with Gasteiger partial charge in [0.15, 0.2) is 5.82 Å². The van der Waals surface area contributed by atoms with Crippen LogP contribution in [0.4, 0.5) is 0 Å². The number of piperidine rings is 1. The monoisotopic (exact) mass is 345 g/mol. The summed E-state index contributed by atoms with van der Waals surface area (Å²) in [5.74, 6) is 1.57. The zero-order chi connectivity index (χ0) is 16.5. The van der Waals surface area contributed by atoms with Crippen molar-refractivity contribution in [3.05, 3.63) is 40.2 Å². The second kappa shape index (κ2) is 6.49. The summed E-state index contributed by atoms with van der Waals surface area (Å²) < 4.78 is 11.3. The topological polar surface area (TPSA) is 68.5 Å². The number of likely N-dealkylation sites (tertiary alicyclic amines) is 1. The lowest BCUT2D eigenvalue weighted by Gasteiger charge is -2.33. The summed E-state index contributed by atoms with van der Waals surface area (Å²) in [7, 11) is 0. The van der Waals surface area contributed by atoms with Crippen LogP contribution in [0.3, 0.4) is 0 Å². The second-order valence-electron chi connectivity index (χ2n) is 6.26. The molecular formula is C17H19N3O3S. The Bertz CT molecular complexity index is 740. The molecule has 24 heavy (non-hydrogen) atoms. The Morgan fingerprint density at radius 2 is 2.42 bits per heavy atom. The number of aromatic nitrogens is 2. The van der Waals surface area contributed by atoms with Gasteiger partial charge in [0.1, 0.15) is 6.10 Å². The van der Waals surface area contributed by atoms with Gasteiger partial charge in [0, 0.05) is 30.0 Å². The summed E-state index contributed by atoms with van der Waals surface area (Å²) in [6, 6.07) is 3.98. The first-order valence-electron chi connectivity index (χ1n) is 8.15. The number of hydrogen-bond donors (Lipinski definition) is 0. The lowest BCUT2D eigenvalue weighted by molar-refractivity contribution is -0.129. The maximum absolute atomic E-state index is 12.4. The molecule has 0 unspecified atom stereocenters. The summed E-state index contributed by atoms with van der Waals surface area (Å²) in [5.41, 5.74) is 0. The molecule has 0 bridgehead atoms. The Labute approximate surface area is 144 Å². The third-order valence-electron chi connectivity index (χ3n) is 4.58. The van der Waals surface area contributed by atoms with Gasteiger partial charge < -0.3 is 14.2 Å². The zero-order valence-electron chi connectivity index (χ0n) is 13.4. The van der Waals surface area contributed by atoms with Gasteiger partial charge in [-0.25, -0.2) is 0 Å². The van der Waals surface area contributed by atoms with E-state index in [-0.39, 0.29) is 18.1 Å². The van der Waals surface area contributed by atoms with Crippen LogP contribution in [0.25, 0.3) is 6.08 Å². The summed E-state index contributed by atoms with van der Waals surface area (Å²) in [4.78, 5) is 19.7. The van der Waals surface area contributed by atoms with Crippen molar-refractivity contribution in [2.45, 2.75) is 32.0 Å². The SMILES string of the molecule is Cc1noc([C@H]2C[C@H]3CN(C(=O)/C=C/c4cccs4)CC[C@@H]3O2)n1. The van der Waals surface area contributed by atoms with Crippen LogP contribution in [0.2, 0.25) is 0 Å². The number of amides is 1. The van der Waals surface area contributed by atoms with Crippen LogP contribution in [0.15, 0.2) is 28.1 Å². The normalized spacial score (nSPS) is 26.9. The van der Waals surface area contributed by atoms with Gasteiger partial charge in [-0.1, -0.05) is 11.2 Å². The minimum Gasteiger partial charge on any atom is -0.365 e. The molecule has 0 aromatic carbocycles. The highest BCUT2D eigenvalue weighted by Gasteiger charge is 2.42. The first-order chi connectivity index (χ1) is 11.7. The van der Waals surface area contributed by atoms with E-state index in [1.165, 1.54) is 0 Å². The molecule has 2 aromatic heterocycles. The minimum absolute atomic E-state index is 0.0685. The molecule has 2 fully saturated rings. The largest absolute Gasteiger partial charge is 0.365 e. The smallest absolute Gasteiger partial charge is 0.255 e. The van der Waals surface area contributed by atoms with Crippen molar-refractivity contribution in [3.8, 4) is 0 Å². The van der Waals surface area contributed by atoms with Crippen LogP contribution in [0.5, 0.6) is 0 Å². The Morgan fingerprint density at radius 1 is 1.50 bits per heavy atom. The molecule has 2 saturated heterocycles. The molecular weight excluding hydrogens is 326 g/mol. The summed E-state index contributed by atoms with van der Waals surface area (Å²) >= 11 is 1.63. The summed E-state index contributed by atoms with van der Waals surface area (Å²) in [6.45, 7) is 3.25. The van der Waals surface area contributed by atoms with Gasteiger partial charge in [0.2, 0.25) is 5.91 Å². The first kappa shape index (κ1) is 15.5. The third-order valence-corrected chi connectivity index (χ3v) is 5.42. The molecule has 3 atom stereocenters. The number of thiophene rings is 1. The Hall–Kier alpha value is -1.99. The van der Waals surface area contributed by atoms with Crippen molar-refractivity contribution in [3.63, 3.8) is 0 Å². The van der Waals surface area contributed by atoms with Crippen molar-refractivity contribution in [1.29, 1.82) is 0 Å². The molecule has 2 aliphatic rings. The quantitative estimate of drug-likeness (QED) is 0.800. The molecule has 6 nitrogen and oxygen atoms in total. The van der Waals surface area contributed by atoms with Gasteiger partial charge in [-0.15, -0.1) is 11.3 Å². The van der Waals surface area contributed by atoms with Gasteiger partial charge in [-0.3, -0.25) is 4.79 Å². The summed E-state index contributed by atoms with van der Waals surface area (Å²) in [5, 5.41) is 5.84. The number of ether oxygens (including phenoxy) is 1. The molecule has 0 spiro atoms. The van der Waals surface area contributed by atoms with Crippen molar-refractivity contribution in [2.24, 2.45) is 5.92 Å². The van der Waals surface area contributed by atoms with E-state index >= 15 is 0 Å². The van der Waals surface area contributed by atoms with Crippen LogP contribution in [0, 0.1) is 12.8 Å². The van der Waals surface area contributed by atoms with Gasteiger partial charge in [-0.2, -0.15) is 4.98 Å². The molecule has 1 amide bonds. The Balaban J connectivity index is 1.38. The molecule has 4 heterocycles. The molecule has 0 saturated carbocycles. The van der Waals surface area contributed by atoms with E-state index in [9.17, 15) is 4.79 Å². The van der Waals surface area contributed by atoms with Gasteiger partial charge in [0.05, 0.1) is 6.10 Å². The number of carbonyl (C=O) groups is 1. The van der Waals surface area contributed by atoms with Gasteiger partial charge >= 0.3 is 0 Å². The third kappa shape index (κ3) is 3.14. The van der Waals surface area contributed by atoms with E-state index in [4.69, 9.17) is 9.26 Å². The van der Waals surface area contributed by atoms with Crippen LogP contribution < -0.4 is 0 Å². The average molecular weight is 345 g/mol. The van der Waals surface area contributed by atoms with E-state index in [1.54, 1.807) is 24.3 Å². The molecule has 2 aromatic rings. The molecule has 0 N–H and O–H groups in total. The zero-order valence-corrected chi connectivity index (χ0v) is 14.2. The highest BCUT2D eigenvalue weighted by Crippen LogP contribution is 2.40. The number of hydrogen-bond acceptors (Lipinski definition) is 6. The van der Waals surface area contributed by atoms with Crippen LogP contribution >= 0.6 is 11.3 Å². The Kier molecular flexibility index (Phi) is 4.20. The van der Waals surface area contributed by atoms with E-state index < -0.39 is 0 Å². The highest BCUT2D eigenvalue weighted by molar-refractivity contribution is 7.10. The van der Waals surface area contributed by atoms with Crippen LogP contribution in [0.1, 0.15) is 35.5 Å². The maximum Gasteiger partial charge on any atom is 0.255 e. The molecule has 2 aliphatic heterocycles. The first-order valence-corrected chi connectivity index (χ1v) is 9.03. The van der Waals surface area contributed by atoms with Crippen molar-refractivity contribution in [1.82, 2.24) is 15.0 Å². The van der Waals surface area contributed by atoms with Crippen LogP contribution in [-0.4, -0.2) is 40.1 Å². The second-order valence-corrected chi connectivity index (χ2v) is 7.24. The Morgan fingerprint density at radius 3 is 3.17 bits per heavy atom.